The summed E-state index contributed by atoms with van der Waals surface area (Å²) in [5, 5.41) is 23.2. The number of benzene rings is 2. The van der Waals surface area contributed by atoms with Gasteiger partial charge >= 0.3 is 0 Å². The number of hydrogen-bond donors (Lipinski definition) is 3. The zero-order valence-corrected chi connectivity index (χ0v) is 16.2. The Kier molecular flexibility index (Phi) is 4.89. The van der Waals surface area contributed by atoms with Crippen molar-refractivity contribution in [1.82, 2.24) is 4.90 Å². The number of carbonyl (C=O) groups excluding carboxylic acids is 2. The van der Waals surface area contributed by atoms with Crippen molar-refractivity contribution in [2.45, 2.75) is 39.3 Å². The Bertz CT molecular complexity index is 973. The van der Waals surface area contributed by atoms with Gasteiger partial charge in [0.05, 0.1) is 5.56 Å². The second-order valence-electron chi connectivity index (χ2n) is 7.93. The second-order valence-corrected chi connectivity index (χ2v) is 7.93. The van der Waals surface area contributed by atoms with Gasteiger partial charge in [-0.15, -0.1) is 0 Å². The topological polar surface area (TPSA) is 89.9 Å². The summed E-state index contributed by atoms with van der Waals surface area (Å²) in [5.41, 5.74) is 2.78. The average molecular weight is 380 g/mol. The molecule has 0 saturated heterocycles. The molecule has 6 heteroatoms. The molecule has 0 bridgehead atoms. The maximum Gasteiger partial charge on any atom is 0.258 e. The fourth-order valence-electron chi connectivity index (χ4n) is 3.39. The molecule has 2 amide bonds. The van der Waals surface area contributed by atoms with Gasteiger partial charge in [0.1, 0.15) is 11.5 Å². The number of phenolic OH excluding ortho intramolecular Hbond substituents is 2. The quantitative estimate of drug-likeness (QED) is 0.709. The lowest BCUT2D eigenvalue weighted by Gasteiger charge is -2.23. The van der Waals surface area contributed by atoms with E-state index in [1.165, 1.54) is 12.1 Å². The summed E-state index contributed by atoms with van der Waals surface area (Å²) >= 11 is 0. The van der Waals surface area contributed by atoms with Crippen molar-refractivity contribution < 1.29 is 19.8 Å². The molecule has 0 aliphatic carbocycles. The largest absolute Gasteiger partial charge is 0.508 e. The lowest BCUT2D eigenvalue weighted by Crippen LogP contribution is -2.26. The Morgan fingerprint density at radius 2 is 1.86 bits per heavy atom. The van der Waals surface area contributed by atoms with E-state index < -0.39 is 0 Å². The third kappa shape index (κ3) is 3.58. The maximum atomic E-state index is 13.1. The van der Waals surface area contributed by atoms with Crippen LogP contribution in [0.4, 0.5) is 5.69 Å². The van der Waals surface area contributed by atoms with Crippen LogP contribution in [-0.4, -0.2) is 26.9 Å². The maximum absolute atomic E-state index is 13.1. The number of carbonyl (C=O) groups is 2. The first-order valence-corrected chi connectivity index (χ1v) is 9.01. The van der Waals surface area contributed by atoms with Crippen molar-refractivity contribution in [1.29, 1.82) is 0 Å². The Hall–Kier alpha value is -3.28. The molecule has 3 rings (SSSR count). The van der Waals surface area contributed by atoms with Crippen LogP contribution in [-0.2, 0) is 23.3 Å². The number of amides is 2. The third-order valence-corrected chi connectivity index (χ3v) is 4.87. The molecule has 1 heterocycles. The van der Waals surface area contributed by atoms with E-state index in [2.05, 4.69) is 11.9 Å². The number of aromatic hydroxyl groups is 2. The molecular weight excluding hydrogens is 356 g/mol. The van der Waals surface area contributed by atoms with Gasteiger partial charge in [-0.25, -0.2) is 0 Å². The summed E-state index contributed by atoms with van der Waals surface area (Å²) in [5.74, 6) is -0.948. The van der Waals surface area contributed by atoms with E-state index in [9.17, 15) is 19.8 Å². The van der Waals surface area contributed by atoms with Crippen LogP contribution in [0.1, 0.15) is 47.8 Å². The molecule has 3 N–H and O–H groups in total. The lowest BCUT2D eigenvalue weighted by molar-refractivity contribution is -0.111. The minimum absolute atomic E-state index is 0.0410. The Morgan fingerprint density at radius 1 is 1.14 bits per heavy atom. The summed E-state index contributed by atoms with van der Waals surface area (Å²) in [7, 11) is 0. The molecule has 28 heavy (non-hydrogen) atoms. The minimum Gasteiger partial charge on any atom is -0.508 e. The Balaban J connectivity index is 1.92. The molecule has 2 aromatic rings. The highest BCUT2D eigenvalue weighted by molar-refractivity contribution is 6.00. The fourth-order valence-corrected chi connectivity index (χ4v) is 3.39. The van der Waals surface area contributed by atoms with Crippen molar-refractivity contribution in [2.75, 3.05) is 5.32 Å². The highest BCUT2D eigenvalue weighted by Gasteiger charge is 2.30. The molecule has 1 aliphatic rings. The van der Waals surface area contributed by atoms with Crippen LogP contribution >= 0.6 is 0 Å². The number of fused-ring (bicyclic) bond motifs is 1. The Labute approximate surface area is 164 Å². The van der Waals surface area contributed by atoms with Gasteiger partial charge < -0.3 is 20.4 Å². The lowest BCUT2D eigenvalue weighted by atomic mass is 9.85. The summed E-state index contributed by atoms with van der Waals surface area (Å²) < 4.78 is 0. The van der Waals surface area contributed by atoms with E-state index in [0.717, 1.165) is 11.1 Å². The van der Waals surface area contributed by atoms with Gasteiger partial charge in [0.2, 0.25) is 5.91 Å². The molecular formula is C22H24N2O4. The van der Waals surface area contributed by atoms with Gasteiger partial charge in [-0.2, -0.15) is 0 Å². The first-order chi connectivity index (χ1) is 13.1. The second kappa shape index (κ2) is 7.03. The van der Waals surface area contributed by atoms with Crippen LogP contribution in [0.15, 0.2) is 43.0 Å². The first kappa shape index (κ1) is 19.5. The monoisotopic (exact) mass is 380 g/mol. The Morgan fingerprint density at radius 3 is 2.50 bits per heavy atom. The van der Waals surface area contributed by atoms with E-state index in [-0.39, 0.29) is 34.3 Å². The number of anilines is 1. The molecule has 146 valence electrons. The fraction of sp³-hybridized carbons (Fsp3) is 0.273. The highest BCUT2D eigenvalue weighted by atomic mass is 16.3. The first-order valence-electron chi connectivity index (χ1n) is 9.01. The zero-order chi connectivity index (χ0) is 20.6. The van der Waals surface area contributed by atoms with Crippen molar-refractivity contribution >= 4 is 17.5 Å². The smallest absolute Gasteiger partial charge is 0.258 e. The van der Waals surface area contributed by atoms with E-state index in [1.807, 2.05) is 32.9 Å². The predicted molar refractivity (Wildman–Crippen MR) is 107 cm³/mol. The standard InChI is InChI=1S/C22H24N2O4/c1-5-20(27)23-17-8-6-7-13-11-24(12-15(13)17)21(28)14-9-16(22(2,3)4)19(26)10-18(14)25/h5-10,25-26H,1,11-12H2,2-4H3,(H,23,27). The summed E-state index contributed by atoms with van der Waals surface area (Å²) in [6.45, 7) is 9.91. The summed E-state index contributed by atoms with van der Waals surface area (Å²) in [4.78, 5) is 26.4. The van der Waals surface area contributed by atoms with Gasteiger partial charge in [0.15, 0.2) is 0 Å². The van der Waals surface area contributed by atoms with Gasteiger partial charge in [0.25, 0.3) is 5.91 Å². The van der Waals surface area contributed by atoms with Crippen LogP contribution < -0.4 is 5.32 Å². The molecule has 2 aromatic carbocycles. The minimum atomic E-state index is -0.386. The molecule has 0 fully saturated rings. The van der Waals surface area contributed by atoms with Crippen LogP contribution in [0, 0.1) is 0 Å². The number of rotatable bonds is 3. The van der Waals surface area contributed by atoms with E-state index in [1.54, 1.807) is 17.0 Å². The molecule has 0 radical (unpaired) electrons. The molecule has 0 aromatic heterocycles. The molecule has 6 nitrogen and oxygen atoms in total. The number of nitrogens with one attached hydrogen (secondary N) is 1. The number of hydrogen-bond acceptors (Lipinski definition) is 4. The van der Waals surface area contributed by atoms with Gasteiger partial charge in [-0.1, -0.05) is 39.5 Å². The van der Waals surface area contributed by atoms with Crippen molar-refractivity contribution in [3.63, 3.8) is 0 Å². The SMILES string of the molecule is C=CC(=O)Nc1cccc2c1CN(C(=O)c1cc(C(C)(C)C)c(O)cc1O)C2. The zero-order valence-electron chi connectivity index (χ0n) is 16.2. The highest BCUT2D eigenvalue weighted by Crippen LogP contribution is 2.37. The third-order valence-electron chi connectivity index (χ3n) is 4.87. The molecule has 1 aliphatic heterocycles. The van der Waals surface area contributed by atoms with Crippen molar-refractivity contribution in [2.24, 2.45) is 0 Å². The summed E-state index contributed by atoms with van der Waals surface area (Å²) in [6.07, 6.45) is 1.19. The number of nitrogens with zero attached hydrogens (tertiary/aromatic N) is 1. The molecule has 0 saturated carbocycles. The van der Waals surface area contributed by atoms with Crippen molar-refractivity contribution in [3.8, 4) is 11.5 Å². The molecule has 0 unspecified atom stereocenters. The van der Waals surface area contributed by atoms with Crippen molar-refractivity contribution in [3.05, 3.63) is 65.2 Å². The molecule has 0 atom stereocenters. The van der Waals surface area contributed by atoms with E-state index >= 15 is 0 Å². The van der Waals surface area contributed by atoms with Crippen LogP contribution in [0.5, 0.6) is 11.5 Å². The summed E-state index contributed by atoms with van der Waals surface area (Å²) in [6, 6.07) is 8.28. The van der Waals surface area contributed by atoms with Crippen LogP contribution in [0.2, 0.25) is 0 Å². The van der Waals surface area contributed by atoms with Gasteiger partial charge in [0, 0.05) is 36.0 Å². The van der Waals surface area contributed by atoms with Gasteiger partial charge in [-0.05, 0) is 29.2 Å². The van der Waals surface area contributed by atoms with Crippen LogP contribution in [0.25, 0.3) is 0 Å². The van der Waals surface area contributed by atoms with E-state index in [4.69, 9.17) is 0 Å². The number of phenols is 2. The average Bonchev–Trinajstić information content (AvgIpc) is 3.05. The predicted octanol–water partition coefficient (Wildman–Crippen LogP) is 3.68. The van der Waals surface area contributed by atoms with E-state index in [0.29, 0.717) is 24.3 Å². The molecule has 0 spiro atoms. The van der Waals surface area contributed by atoms with Gasteiger partial charge in [-0.3, -0.25) is 9.59 Å². The van der Waals surface area contributed by atoms with Crippen LogP contribution in [0.3, 0.4) is 0 Å². The normalized spacial score (nSPS) is 13.2.